The third-order valence-corrected chi connectivity index (χ3v) is 4.76. The molecule has 0 radical (unpaired) electrons. The van der Waals surface area contributed by atoms with Crippen LogP contribution in [0, 0.1) is 0 Å². The Balaban J connectivity index is 0.00000338. The lowest BCUT2D eigenvalue weighted by Crippen LogP contribution is -2.45. The monoisotopic (exact) mass is 473 g/mol. The van der Waals surface area contributed by atoms with Gasteiger partial charge in [-0.15, -0.1) is 24.0 Å². The first-order chi connectivity index (χ1) is 12.2. The Kier molecular flexibility index (Phi) is 10.6. The molecule has 1 unspecified atom stereocenters. The number of carbonyl (C=O) groups excluding carboxylic acids is 1. The van der Waals surface area contributed by atoms with Crippen molar-refractivity contribution in [2.24, 2.45) is 4.99 Å². The van der Waals surface area contributed by atoms with Gasteiger partial charge >= 0.3 is 0 Å². The third kappa shape index (κ3) is 6.75. The van der Waals surface area contributed by atoms with Crippen LogP contribution in [0.3, 0.4) is 0 Å². The van der Waals surface area contributed by atoms with Gasteiger partial charge in [0.15, 0.2) is 5.96 Å². The molecule has 1 heterocycles. The first-order valence-corrected chi connectivity index (χ1v) is 9.17. The Morgan fingerprint density at radius 3 is 2.85 bits per heavy atom. The van der Waals surface area contributed by atoms with Crippen molar-refractivity contribution < 1.29 is 4.79 Å². The smallest absolute Gasteiger partial charge is 0.251 e. The minimum Gasteiger partial charge on any atom is -0.356 e. The van der Waals surface area contributed by atoms with E-state index in [0.29, 0.717) is 11.6 Å². The Hall–Kier alpha value is -1.35. The molecule has 1 saturated heterocycles. The van der Waals surface area contributed by atoms with E-state index in [9.17, 15) is 4.79 Å². The second-order valence-corrected chi connectivity index (χ2v) is 6.33. The number of carbonyl (C=O) groups is 1. The molecule has 0 spiro atoms. The molecule has 0 aliphatic carbocycles. The number of benzene rings is 1. The highest BCUT2D eigenvalue weighted by molar-refractivity contribution is 14.0. The maximum Gasteiger partial charge on any atom is 0.251 e. The zero-order chi connectivity index (χ0) is 18.1. The molecule has 0 aromatic heterocycles. The van der Waals surface area contributed by atoms with Crippen molar-refractivity contribution in [1.29, 1.82) is 0 Å². The van der Waals surface area contributed by atoms with Crippen molar-refractivity contribution in [2.75, 3.05) is 40.3 Å². The van der Waals surface area contributed by atoms with E-state index in [-0.39, 0.29) is 29.9 Å². The van der Waals surface area contributed by atoms with E-state index >= 15 is 0 Å². The Bertz CT molecular complexity index is 593. The number of nitrogens with one attached hydrogen (secondary N) is 3. The molecule has 1 atom stereocenters. The van der Waals surface area contributed by atoms with Gasteiger partial charge in [-0.25, -0.2) is 0 Å². The van der Waals surface area contributed by atoms with Crippen molar-refractivity contribution >= 4 is 35.8 Å². The predicted octanol–water partition coefficient (Wildman–Crippen LogP) is 1.86. The summed E-state index contributed by atoms with van der Waals surface area (Å²) < 4.78 is 0. The number of hydrogen-bond acceptors (Lipinski definition) is 3. The Morgan fingerprint density at radius 1 is 1.35 bits per heavy atom. The molecule has 26 heavy (non-hydrogen) atoms. The summed E-state index contributed by atoms with van der Waals surface area (Å²) in [5.74, 6) is 0.787. The molecule has 1 aromatic carbocycles. The number of amides is 1. The zero-order valence-electron chi connectivity index (χ0n) is 16.0. The van der Waals surface area contributed by atoms with Crippen LogP contribution in [0.1, 0.15) is 35.7 Å². The average molecular weight is 473 g/mol. The lowest BCUT2D eigenvalue weighted by Gasteiger charge is -2.24. The topological polar surface area (TPSA) is 68.8 Å². The molecule has 6 nitrogen and oxygen atoms in total. The summed E-state index contributed by atoms with van der Waals surface area (Å²) in [6, 6.07) is 8.34. The van der Waals surface area contributed by atoms with Gasteiger partial charge in [0.05, 0.1) is 0 Å². The molecule has 7 heteroatoms. The maximum absolute atomic E-state index is 11.7. The molecule has 1 aliphatic rings. The van der Waals surface area contributed by atoms with Crippen molar-refractivity contribution in [1.82, 2.24) is 20.9 Å². The largest absolute Gasteiger partial charge is 0.356 e. The fourth-order valence-corrected chi connectivity index (χ4v) is 3.32. The third-order valence-electron chi connectivity index (χ3n) is 4.76. The number of aliphatic imine (C=N–C) groups is 1. The summed E-state index contributed by atoms with van der Waals surface area (Å²) >= 11 is 0. The molecular formula is C19H32IN5O. The van der Waals surface area contributed by atoms with Crippen LogP contribution in [0.25, 0.3) is 0 Å². The van der Waals surface area contributed by atoms with Crippen LogP contribution in [-0.2, 0) is 6.42 Å². The second kappa shape index (κ2) is 12.1. The van der Waals surface area contributed by atoms with Gasteiger partial charge in [0.2, 0.25) is 0 Å². The van der Waals surface area contributed by atoms with Crippen molar-refractivity contribution in [3.8, 4) is 0 Å². The van der Waals surface area contributed by atoms with E-state index in [4.69, 9.17) is 0 Å². The minimum absolute atomic E-state index is 0. The van der Waals surface area contributed by atoms with Gasteiger partial charge in [0.25, 0.3) is 5.91 Å². The van der Waals surface area contributed by atoms with Gasteiger partial charge in [-0.2, -0.15) is 0 Å². The Morgan fingerprint density at radius 2 is 2.15 bits per heavy atom. The summed E-state index contributed by atoms with van der Waals surface area (Å²) in [7, 11) is 3.45. The van der Waals surface area contributed by atoms with Gasteiger partial charge < -0.3 is 16.0 Å². The van der Waals surface area contributed by atoms with E-state index in [0.717, 1.165) is 37.6 Å². The number of nitrogens with zero attached hydrogens (tertiary/aromatic N) is 2. The predicted molar refractivity (Wildman–Crippen MR) is 119 cm³/mol. The number of rotatable bonds is 7. The standard InChI is InChI=1S/C19H31N5O.HI/c1-4-24-12-6-9-17(24)14-23-19(21-3)22-11-10-15-7-5-8-16(13-15)18(25)20-2;/h5,7-8,13,17H,4,6,9-12,14H2,1-3H3,(H,20,25)(H2,21,22,23);1H. The second-order valence-electron chi connectivity index (χ2n) is 6.33. The molecule has 146 valence electrons. The van der Waals surface area contributed by atoms with Crippen LogP contribution in [0.5, 0.6) is 0 Å². The van der Waals surface area contributed by atoms with Gasteiger partial charge in [-0.1, -0.05) is 19.1 Å². The quantitative estimate of drug-likeness (QED) is 0.321. The van der Waals surface area contributed by atoms with E-state index in [1.165, 1.54) is 19.4 Å². The highest BCUT2D eigenvalue weighted by atomic mass is 127. The van der Waals surface area contributed by atoms with Crippen LogP contribution >= 0.6 is 24.0 Å². The van der Waals surface area contributed by atoms with E-state index < -0.39 is 0 Å². The van der Waals surface area contributed by atoms with Crippen LogP contribution in [0.4, 0.5) is 0 Å². The molecule has 2 rings (SSSR count). The average Bonchev–Trinajstić information content (AvgIpc) is 3.11. The number of halogens is 1. The first kappa shape index (κ1) is 22.7. The molecule has 3 N–H and O–H groups in total. The minimum atomic E-state index is -0.0515. The summed E-state index contributed by atoms with van der Waals surface area (Å²) in [5, 5.41) is 9.45. The van der Waals surface area contributed by atoms with Gasteiger partial charge in [0.1, 0.15) is 0 Å². The van der Waals surface area contributed by atoms with Crippen LogP contribution in [0.15, 0.2) is 29.3 Å². The van der Waals surface area contributed by atoms with E-state index in [2.05, 4.69) is 32.8 Å². The summed E-state index contributed by atoms with van der Waals surface area (Å²) in [6.07, 6.45) is 3.38. The number of likely N-dealkylation sites (tertiary alicyclic amines) is 1. The van der Waals surface area contributed by atoms with Gasteiger partial charge in [-0.05, 0) is 50.0 Å². The van der Waals surface area contributed by atoms with Gasteiger partial charge in [-0.3, -0.25) is 14.7 Å². The molecule has 0 saturated carbocycles. The molecule has 1 aromatic rings. The number of guanidine groups is 1. The normalized spacial score (nSPS) is 17.5. The van der Waals surface area contributed by atoms with Crippen LogP contribution < -0.4 is 16.0 Å². The Labute approximate surface area is 174 Å². The highest BCUT2D eigenvalue weighted by Crippen LogP contribution is 2.15. The SMILES string of the molecule is CCN1CCCC1CNC(=NC)NCCc1cccc(C(=O)NC)c1.I. The maximum atomic E-state index is 11.7. The fraction of sp³-hybridized carbons (Fsp3) is 0.579. The lowest BCUT2D eigenvalue weighted by atomic mass is 10.1. The summed E-state index contributed by atoms with van der Waals surface area (Å²) in [6.45, 7) is 6.24. The molecule has 1 amide bonds. The number of likely N-dealkylation sites (N-methyl/N-ethyl adjacent to an activating group) is 1. The molecule has 0 bridgehead atoms. The van der Waals surface area contributed by atoms with Crippen LogP contribution in [0.2, 0.25) is 0 Å². The molecule has 1 fully saturated rings. The first-order valence-electron chi connectivity index (χ1n) is 9.17. The van der Waals surface area contributed by atoms with Gasteiger partial charge in [0, 0.05) is 38.8 Å². The molecular weight excluding hydrogens is 441 g/mol. The molecule has 1 aliphatic heterocycles. The zero-order valence-corrected chi connectivity index (χ0v) is 18.4. The fourth-order valence-electron chi connectivity index (χ4n) is 3.32. The van der Waals surface area contributed by atoms with Crippen molar-refractivity contribution in [3.05, 3.63) is 35.4 Å². The number of hydrogen-bond donors (Lipinski definition) is 3. The summed E-state index contributed by atoms with van der Waals surface area (Å²) in [4.78, 5) is 18.5. The van der Waals surface area contributed by atoms with E-state index in [1.807, 2.05) is 24.3 Å². The summed E-state index contributed by atoms with van der Waals surface area (Å²) in [5.41, 5.74) is 1.83. The highest BCUT2D eigenvalue weighted by Gasteiger charge is 2.22. The van der Waals surface area contributed by atoms with Crippen LogP contribution in [-0.4, -0.2) is 63.1 Å². The van der Waals surface area contributed by atoms with E-state index in [1.54, 1.807) is 14.1 Å². The lowest BCUT2D eigenvalue weighted by molar-refractivity contribution is 0.0963. The van der Waals surface area contributed by atoms with Crippen molar-refractivity contribution in [2.45, 2.75) is 32.2 Å². The van der Waals surface area contributed by atoms with Crippen molar-refractivity contribution in [3.63, 3.8) is 0 Å².